The van der Waals surface area contributed by atoms with E-state index < -0.39 is 10.0 Å². The first kappa shape index (κ1) is 16.9. The zero-order valence-corrected chi connectivity index (χ0v) is 14.5. The highest BCUT2D eigenvalue weighted by Gasteiger charge is 2.31. The summed E-state index contributed by atoms with van der Waals surface area (Å²) in [5, 5.41) is 9.87. The number of benzene rings is 1. The molecule has 1 fully saturated rings. The van der Waals surface area contributed by atoms with Crippen LogP contribution in [0.3, 0.4) is 0 Å². The Kier molecular flexibility index (Phi) is 5.06. The van der Waals surface area contributed by atoms with Gasteiger partial charge in [-0.2, -0.15) is 0 Å². The lowest BCUT2D eigenvalue weighted by Gasteiger charge is -2.40. The molecule has 2 unspecified atom stereocenters. The van der Waals surface area contributed by atoms with Crippen molar-refractivity contribution in [3.63, 3.8) is 0 Å². The Bertz CT molecular complexity index is 647. The fraction of sp³-hybridized carbons (Fsp3) is 0.647. The molecule has 0 aromatic heterocycles. The van der Waals surface area contributed by atoms with E-state index in [0.717, 1.165) is 32.4 Å². The highest BCUT2D eigenvalue weighted by molar-refractivity contribution is 7.88. The van der Waals surface area contributed by atoms with Gasteiger partial charge in [-0.25, -0.2) is 12.7 Å². The summed E-state index contributed by atoms with van der Waals surface area (Å²) >= 11 is 0. The van der Waals surface area contributed by atoms with Crippen LogP contribution in [0, 0.1) is 5.92 Å². The second kappa shape index (κ2) is 6.89. The van der Waals surface area contributed by atoms with Gasteiger partial charge in [-0.1, -0.05) is 24.3 Å². The van der Waals surface area contributed by atoms with Crippen molar-refractivity contribution in [2.24, 2.45) is 5.92 Å². The van der Waals surface area contributed by atoms with Crippen LogP contribution in [0.15, 0.2) is 24.3 Å². The van der Waals surface area contributed by atoms with Crippen molar-refractivity contribution < 1.29 is 13.5 Å². The van der Waals surface area contributed by atoms with Crippen molar-refractivity contribution in [2.75, 3.05) is 39.0 Å². The first-order valence-corrected chi connectivity index (χ1v) is 10.2. The minimum atomic E-state index is -3.10. The summed E-state index contributed by atoms with van der Waals surface area (Å²) in [5.74, 6) is 0.345. The van der Waals surface area contributed by atoms with Gasteiger partial charge in [-0.05, 0) is 36.3 Å². The molecular formula is C17H26N2O3S. The Morgan fingerprint density at radius 2 is 2.04 bits per heavy atom. The monoisotopic (exact) mass is 338 g/mol. The topological polar surface area (TPSA) is 60.9 Å². The highest BCUT2D eigenvalue weighted by Crippen LogP contribution is 2.31. The van der Waals surface area contributed by atoms with Gasteiger partial charge in [-0.15, -0.1) is 0 Å². The van der Waals surface area contributed by atoms with E-state index >= 15 is 0 Å². The van der Waals surface area contributed by atoms with Gasteiger partial charge < -0.3 is 5.11 Å². The molecule has 6 heteroatoms. The molecule has 1 aromatic carbocycles. The molecule has 3 rings (SSSR count). The molecule has 0 amide bonds. The van der Waals surface area contributed by atoms with E-state index in [1.165, 1.54) is 17.4 Å². The summed E-state index contributed by atoms with van der Waals surface area (Å²) in [4.78, 5) is 2.33. The standard InChI is InChI=1S/C17H26N2O3S/c1-23(21,22)19-9-4-5-14(12-19)11-18-10-8-15-6-2-3-7-16(15)17(18)13-20/h2-3,6-7,14,17,20H,4-5,8-13H2,1H3. The predicted octanol–water partition coefficient (Wildman–Crippen LogP) is 1.25. The maximum absolute atomic E-state index is 11.8. The number of fused-ring (bicyclic) bond motifs is 1. The summed E-state index contributed by atoms with van der Waals surface area (Å²) in [5.41, 5.74) is 2.54. The van der Waals surface area contributed by atoms with Gasteiger partial charge in [-0.3, -0.25) is 4.90 Å². The predicted molar refractivity (Wildman–Crippen MR) is 90.7 cm³/mol. The summed E-state index contributed by atoms with van der Waals surface area (Å²) < 4.78 is 25.2. The van der Waals surface area contributed by atoms with Crippen molar-refractivity contribution in [3.8, 4) is 0 Å². The number of hydrogen-bond donors (Lipinski definition) is 1. The molecule has 0 bridgehead atoms. The van der Waals surface area contributed by atoms with Crippen LogP contribution in [0.5, 0.6) is 0 Å². The van der Waals surface area contributed by atoms with Gasteiger partial charge in [0.1, 0.15) is 0 Å². The van der Waals surface area contributed by atoms with E-state index in [-0.39, 0.29) is 12.6 Å². The zero-order chi connectivity index (χ0) is 16.4. The van der Waals surface area contributed by atoms with Crippen LogP contribution in [0.25, 0.3) is 0 Å². The van der Waals surface area contributed by atoms with Crippen molar-refractivity contribution >= 4 is 10.0 Å². The van der Waals surface area contributed by atoms with Crippen LogP contribution in [0.1, 0.15) is 30.0 Å². The molecule has 5 nitrogen and oxygen atoms in total. The fourth-order valence-corrected chi connectivity index (χ4v) is 4.89. The Hall–Kier alpha value is -0.950. The van der Waals surface area contributed by atoms with Gasteiger partial charge in [0.25, 0.3) is 0 Å². The molecule has 0 spiro atoms. The number of hydrogen-bond acceptors (Lipinski definition) is 4. The third-order valence-corrected chi connectivity index (χ3v) is 6.41. The summed E-state index contributed by atoms with van der Waals surface area (Å²) in [7, 11) is -3.10. The van der Waals surface area contributed by atoms with Gasteiger partial charge >= 0.3 is 0 Å². The lowest BCUT2D eigenvalue weighted by atomic mass is 9.91. The first-order valence-electron chi connectivity index (χ1n) is 8.37. The van der Waals surface area contributed by atoms with Crippen LogP contribution in [-0.2, 0) is 16.4 Å². The lowest BCUT2D eigenvalue weighted by molar-refractivity contribution is 0.0857. The Labute approximate surface area is 139 Å². The molecule has 1 saturated heterocycles. The van der Waals surface area contributed by atoms with Crippen LogP contribution >= 0.6 is 0 Å². The van der Waals surface area contributed by atoms with Crippen LogP contribution in [0.4, 0.5) is 0 Å². The van der Waals surface area contributed by atoms with Gasteiger partial charge in [0.15, 0.2) is 0 Å². The molecule has 0 radical (unpaired) electrons. The highest BCUT2D eigenvalue weighted by atomic mass is 32.2. The Morgan fingerprint density at radius 1 is 1.26 bits per heavy atom. The summed E-state index contributed by atoms with van der Waals surface area (Å²) in [6.07, 6.45) is 4.27. The summed E-state index contributed by atoms with van der Waals surface area (Å²) in [6.45, 7) is 3.14. The zero-order valence-electron chi connectivity index (χ0n) is 13.7. The largest absolute Gasteiger partial charge is 0.394 e. The van der Waals surface area contributed by atoms with Crippen molar-refractivity contribution in [3.05, 3.63) is 35.4 Å². The first-order chi connectivity index (χ1) is 11.0. The average molecular weight is 338 g/mol. The van der Waals surface area contributed by atoms with Gasteiger partial charge in [0, 0.05) is 26.2 Å². The molecule has 2 heterocycles. The quantitative estimate of drug-likeness (QED) is 0.898. The average Bonchev–Trinajstić information content (AvgIpc) is 2.54. The molecule has 0 saturated carbocycles. The lowest BCUT2D eigenvalue weighted by Crippen LogP contribution is -2.46. The molecule has 2 aliphatic heterocycles. The minimum absolute atomic E-state index is 0.0357. The fourth-order valence-electron chi connectivity index (χ4n) is 3.94. The Morgan fingerprint density at radius 3 is 2.78 bits per heavy atom. The Balaban J connectivity index is 1.70. The van der Waals surface area contributed by atoms with Gasteiger partial charge in [0.2, 0.25) is 10.0 Å². The summed E-state index contributed by atoms with van der Waals surface area (Å²) in [6, 6.07) is 8.35. The van der Waals surface area contributed by atoms with Crippen LogP contribution in [-0.4, -0.2) is 61.8 Å². The van der Waals surface area contributed by atoms with Crippen LogP contribution in [0.2, 0.25) is 0 Å². The van der Waals surface area contributed by atoms with Crippen LogP contribution < -0.4 is 0 Å². The van der Waals surface area contributed by atoms with E-state index in [4.69, 9.17) is 0 Å². The molecule has 1 aromatic rings. The smallest absolute Gasteiger partial charge is 0.211 e. The third-order valence-electron chi connectivity index (χ3n) is 5.14. The van der Waals surface area contributed by atoms with E-state index in [0.29, 0.717) is 19.0 Å². The molecule has 2 atom stereocenters. The maximum Gasteiger partial charge on any atom is 0.211 e. The molecule has 1 N–H and O–H groups in total. The number of aliphatic hydroxyl groups excluding tert-OH is 1. The maximum atomic E-state index is 11.8. The number of rotatable bonds is 4. The van der Waals surface area contributed by atoms with E-state index in [1.807, 2.05) is 12.1 Å². The second-order valence-electron chi connectivity index (χ2n) is 6.77. The molecule has 128 valence electrons. The molecule has 0 aliphatic carbocycles. The van der Waals surface area contributed by atoms with E-state index in [1.54, 1.807) is 4.31 Å². The minimum Gasteiger partial charge on any atom is -0.394 e. The SMILES string of the molecule is CS(=O)(=O)N1CCCC(CN2CCc3ccccc3C2CO)C1. The normalized spacial score (nSPS) is 26.9. The number of aliphatic hydroxyl groups is 1. The van der Waals surface area contributed by atoms with E-state index in [2.05, 4.69) is 17.0 Å². The van der Waals surface area contributed by atoms with E-state index in [9.17, 15) is 13.5 Å². The van der Waals surface area contributed by atoms with Crippen molar-refractivity contribution in [1.29, 1.82) is 0 Å². The molecular weight excluding hydrogens is 312 g/mol. The second-order valence-corrected chi connectivity index (χ2v) is 8.75. The third kappa shape index (κ3) is 3.76. The molecule has 2 aliphatic rings. The number of sulfonamides is 1. The molecule has 23 heavy (non-hydrogen) atoms. The number of nitrogens with zero attached hydrogens (tertiary/aromatic N) is 2. The van der Waals surface area contributed by atoms with Crippen molar-refractivity contribution in [1.82, 2.24) is 9.21 Å². The number of piperidine rings is 1. The van der Waals surface area contributed by atoms with Gasteiger partial charge in [0.05, 0.1) is 18.9 Å². The van der Waals surface area contributed by atoms with Crippen molar-refractivity contribution in [2.45, 2.75) is 25.3 Å².